The number of nitrogens with zero attached hydrogens (tertiary/aromatic N) is 4. The molecule has 2 aromatic heterocycles. The van der Waals surface area contributed by atoms with Gasteiger partial charge >= 0.3 is 11.9 Å². The summed E-state index contributed by atoms with van der Waals surface area (Å²) < 4.78 is 39.1. The second-order valence-electron chi connectivity index (χ2n) is 8.41. The van der Waals surface area contributed by atoms with Crippen LogP contribution in [0, 0.1) is 0 Å². The Bertz CT molecular complexity index is 1140. The van der Waals surface area contributed by atoms with Gasteiger partial charge in [-0.2, -0.15) is 18.2 Å². The summed E-state index contributed by atoms with van der Waals surface area (Å²) in [4.78, 5) is 28.8. The van der Waals surface area contributed by atoms with Crippen molar-refractivity contribution in [3.05, 3.63) is 51.4 Å². The topological polar surface area (TPSA) is 65.1 Å². The Hall–Kier alpha value is -2.46. The summed E-state index contributed by atoms with van der Waals surface area (Å²) in [7, 11) is 0. The Morgan fingerprint density at radius 1 is 1.12 bits per heavy atom. The van der Waals surface area contributed by atoms with Gasteiger partial charge in [0, 0.05) is 31.2 Å². The maximum Gasteiger partial charge on any atom is 0.416 e. The lowest BCUT2D eigenvalue weighted by Crippen LogP contribution is -2.59. The van der Waals surface area contributed by atoms with Crippen LogP contribution < -0.4 is 10.6 Å². The highest BCUT2D eigenvalue weighted by Crippen LogP contribution is 2.36. The van der Waals surface area contributed by atoms with Gasteiger partial charge in [-0.15, -0.1) is 11.3 Å². The van der Waals surface area contributed by atoms with Gasteiger partial charge in [-0.1, -0.05) is 32.9 Å². The van der Waals surface area contributed by atoms with Crippen LogP contribution in [0.15, 0.2) is 34.6 Å². The Balaban J connectivity index is 1.66. The van der Waals surface area contributed by atoms with Gasteiger partial charge in [0.05, 0.1) is 11.1 Å². The van der Waals surface area contributed by atoms with E-state index in [0.29, 0.717) is 22.7 Å². The first kappa shape index (κ1) is 23.7. The standard InChI is InChI=1S/C23H28F3N5OS/c1-4-16-12-31(20-19-21(33-13-27-19)29-22(32)28-20)17(5-2)11-30(16)18(6-3)14-7-9-15(10-8-14)23(24,25)26/h7-10,13,16-18H,4-6,11-12H2,1-3H3,(H,28,29,32)/t16-,17+,18-/m1/s1. The van der Waals surface area contributed by atoms with E-state index in [0.717, 1.165) is 31.4 Å². The minimum absolute atomic E-state index is 0.0178. The van der Waals surface area contributed by atoms with Crippen LogP contribution in [0.5, 0.6) is 0 Å². The molecule has 1 saturated heterocycles. The molecule has 33 heavy (non-hydrogen) atoms. The Kier molecular flexibility index (Phi) is 6.76. The highest BCUT2D eigenvalue weighted by molar-refractivity contribution is 7.16. The van der Waals surface area contributed by atoms with E-state index in [1.807, 2.05) is 0 Å². The number of halogens is 3. The minimum Gasteiger partial charge on any atom is -0.350 e. The molecular weight excluding hydrogens is 451 g/mol. The smallest absolute Gasteiger partial charge is 0.350 e. The van der Waals surface area contributed by atoms with Crippen LogP contribution >= 0.6 is 11.3 Å². The quantitative estimate of drug-likeness (QED) is 0.525. The molecule has 3 heterocycles. The number of nitrogens with one attached hydrogen (secondary N) is 1. The van der Waals surface area contributed by atoms with Crippen LogP contribution in [0.3, 0.4) is 0 Å². The van der Waals surface area contributed by atoms with Crippen molar-refractivity contribution in [3.63, 3.8) is 0 Å². The molecule has 6 nitrogen and oxygen atoms in total. The van der Waals surface area contributed by atoms with Crippen molar-refractivity contribution in [3.8, 4) is 0 Å². The molecular formula is C23H28F3N5OS. The summed E-state index contributed by atoms with van der Waals surface area (Å²) >= 11 is 1.34. The Morgan fingerprint density at radius 2 is 1.82 bits per heavy atom. The zero-order chi connectivity index (χ0) is 23.8. The van der Waals surface area contributed by atoms with Crippen molar-refractivity contribution in [1.82, 2.24) is 19.9 Å². The van der Waals surface area contributed by atoms with Crippen LogP contribution in [0.1, 0.15) is 57.2 Å². The van der Waals surface area contributed by atoms with Crippen molar-refractivity contribution >= 4 is 27.5 Å². The van der Waals surface area contributed by atoms with Gasteiger partial charge in [0.15, 0.2) is 4.83 Å². The molecule has 3 aromatic rings. The number of benzene rings is 1. The van der Waals surface area contributed by atoms with E-state index in [4.69, 9.17) is 0 Å². The zero-order valence-electron chi connectivity index (χ0n) is 18.9. The number of H-pyrrole nitrogens is 1. The van der Waals surface area contributed by atoms with Crippen molar-refractivity contribution < 1.29 is 13.2 Å². The fourth-order valence-electron chi connectivity index (χ4n) is 4.87. The van der Waals surface area contributed by atoms with Crippen LogP contribution in [0.4, 0.5) is 19.0 Å². The number of anilines is 1. The van der Waals surface area contributed by atoms with Crippen LogP contribution in [-0.2, 0) is 6.18 Å². The van der Waals surface area contributed by atoms with E-state index >= 15 is 0 Å². The van der Waals surface area contributed by atoms with Crippen LogP contribution in [0.25, 0.3) is 10.3 Å². The molecule has 0 unspecified atom stereocenters. The molecule has 0 amide bonds. The highest BCUT2D eigenvalue weighted by Gasteiger charge is 2.37. The lowest BCUT2D eigenvalue weighted by Gasteiger charge is -2.49. The highest BCUT2D eigenvalue weighted by atomic mass is 32.1. The van der Waals surface area contributed by atoms with Gasteiger partial charge in [-0.05, 0) is 37.0 Å². The van der Waals surface area contributed by atoms with Crippen LogP contribution in [0.2, 0.25) is 0 Å². The maximum atomic E-state index is 13.0. The molecule has 178 valence electrons. The summed E-state index contributed by atoms with van der Waals surface area (Å²) in [5.74, 6) is 0.707. The molecule has 0 saturated carbocycles. The van der Waals surface area contributed by atoms with Gasteiger partial charge in [0.2, 0.25) is 0 Å². The van der Waals surface area contributed by atoms with Crippen molar-refractivity contribution in [2.75, 3.05) is 18.0 Å². The van der Waals surface area contributed by atoms with Crippen LogP contribution in [-0.4, -0.2) is 45.0 Å². The summed E-state index contributed by atoms with van der Waals surface area (Å²) in [5.41, 5.74) is 2.28. The average molecular weight is 480 g/mol. The third-order valence-electron chi connectivity index (χ3n) is 6.58. The first-order chi connectivity index (χ1) is 15.8. The van der Waals surface area contributed by atoms with E-state index in [2.05, 4.69) is 45.5 Å². The van der Waals surface area contributed by atoms with E-state index in [1.165, 1.54) is 23.5 Å². The zero-order valence-corrected chi connectivity index (χ0v) is 19.7. The number of fused-ring (bicyclic) bond motifs is 1. The molecule has 1 aliphatic rings. The molecule has 10 heteroatoms. The minimum atomic E-state index is -4.34. The largest absolute Gasteiger partial charge is 0.416 e. The third kappa shape index (κ3) is 4.63. The molecule has 0 spiro atoms. The summed E-state index contributed by atoms with van der Waals surface area (Å²) in [6.45, 7) is 7.73. The Morgan fingerprint density at radius 3 is 2.42 bits per heavy atom. The number of aromatic amines is 1. The number of thiazole rings is 1. The van der Waals surface area contributed by atoms with E-state index in [1.54, 1.807) is 17.6 Å². The molecule has 0 aliphatic carbocycles. The summed E-state index contributed by atoms with van der Waals surface area (Å²) in [6.07, 6.45) is -1.82. The molecule has 4 rings (SSSR count). The van der Waals surface area contributed by atoms with Gasteiger partial charge in [0.1, 0.15) is 11.3 Å². The van der Waals surface area contributed by atoms with Gasteiger partial charge in [0.25, 0.3) is 0 Å². The molecule has 1 aliphatic heterocycles. The molecule has 3 atom stereocenters. The summed E-state index contributed by atoms with van der Waals surface area (Å²) in [6, 6.07) is 5.88. The Labute approximate surface area is 194 Å². The van der Waals surface area contributed by atoms with Crippen molar-refractivity contribution in [2.24, 2.45) is 0 Å². The fraction of sp³-hybridized carbons (Fsp3) is 0.522. The number of piperazine rings is 1. The molecule has 1 N–H and O–H groups in total. The number of alkyl halides is 3. The second-order valence-corrected chi connectivity index (χ2v) is 9.25. The molecule has 1 fully saturated rings. The van der Waals surface area contributed by atoms with Gasteiger partial charge < -0.3 is 4.90 Å². The lowest BCUT2D eigenvalue weighted by atomic mass is 9.94. The molecule has 0 bridgehead atoms. The predicted molar refractivity (Wildman–Crippen MR) is 125 cm³/mol. The van der Waals surface area contributed by atoms with E-state index < -0.39 is 11.7 Å². The monoisotopic (exact) mass is 479 g/mol. The van der Waals surface area contributed by atoms with Crippen molar-refractivity contribution in [2.45, 2.75) is 64.3 Å². The number of hydrogen-bond acceptors (Lipinski definition) is 6. The van der Waals surface area contributed by atoms with E-state index in [9.17, 15) is 18.0 Å². The van der Waals surface area contributed by atoms with Gasteiger partial charge in [-0.25, -0.2) is 9.78 Å². The van der Waals surface area contributed by atoms with Gasteiger partial charge in [-0.3, -0.25) is 9.88 Å². The average Bonchev–Trinajstić information content (AvgIpc) is 3.27. The fourth-order valence-corrected chi connectivity index (χ4v) is 5.52. The first-order valence-corrected chi connectivity index (χ1v) is 12.2. The molecule has 1 aromatic carbocycles. The van der Waals surface area contributed by atoms with E-state index in [-0.39, 0.29) is 23.8 Å². The third-order valence-corrected chi connectivity index (χ3v) is 7.30. The number of hydrogen-bond donors (Lipinski definition) is 1. The summed E-state index contributed by atoms with van der Waals surface area (Å²) in [5, 5.41) is 0. The van der Waals surface area contributed by atoms with Crippen molar-refractivity contribution in [1.29, 1.82) is 0 Å². The molecule has 0 radical (unpaired) electrons. The normalized spacial score (nSPS) is 21.0. The SMILES string of the molecule is CC[C@H]1CN([C@H](CC)c2ccc(C(F)(F)F)cc2)[C@H](CC)CN1c1[nH]c(=O)nc2scnc12. The predicted octanol–water partition coefficient (Wildman–Crippen LogP) is 5.23. The lowest BCUT2D eigenvalue weighted by molar-refractivity contribution is -0.137. The maximum absolute atomic E-state index is 13.0. The number of rotatable bonds is 6. The second kappa shape index (κ2) is 9.42. The first-order valence-electron chi connectivity index (χ1n) is 11.3. The number of aromatic nitrogens is 3.